The van der Waals surface area contributed by atoms with E-state index in [4.69, 9.17) is 0 Å². The Morgan fingerprint density at radius 3 is 2.44 bits per heavy atom. The summed E-state index contributed by atoms with van der Waals surface area (Å²) in [6.07, 6.45) is 0. The molecule has 3 aromatic rings. The largest absolute Gasteiger partial charge is 0.480 e. The molecule has 0 radical (unpaired) electrons. The summed E-state index contributed by atoms with van der Waals surface area (Å²) in [7, 11) is -4.19. The highest BCUT2D eigenvalue weighted by Crippen LogP contribution is 2.38. The number of aliphatic carboxylic acids is 1. The van der Waals surface area contributed by atoms with Crippen molar-refractivity contribution in [2.75, 3.05) is 16.2 Å². The van der Waals surface area contributed by atoms with Crippen molar-refractivity contribution in [3.05, 3.63) is 66.2 Å². The molecule has 0 aliphatic carbocycles. The Labute approximate surface area is 154 Å². The normalized spacial score (nSPS) is 12.8. The number of nitrogens with one attached hydrogen (secondary N) is 1. The maximum atomic E-state index is 13.4. The topological polar surface area (TPSA) is 104 Å². The number of para-hydroxylation sites is 1. The van der Waals surface area contributed by atoms with Gasteiger partial charge in [0, 0.05) is 22.0 Å². The number of sulfonamides is 1. The average molecular weight is 382 g/mol. The number of carboxylic acids is 1. The van der Waals surface area contributed by atoms with Crippen molar-refractivity contribution in [3.63, 3.8) is 0 Å². The SMILES string of the molecule is O=C(O)CN(c1ccccc1)S(=O)(=O)c1ccc2c3c(cccc13)C(=O)N2. The predicted molar refractivity (Wildman–Crippen MR) is 101 cm³/mol. The van der Waals surface area contributed by atoms with Gasteiger partial charge in [0.25, 0.3) is 15.9 Å². The second-order valence-electron chi connectivity index (χ2n) is 6.03. The minimum atomic E-state index is -4.19. The van der Waals surface area contributed by atoms with Crippen LogP contribution in [0.1, 0.15) is 10.4 Å². The first-order chi connectivity index (χ1) is 12.9. The molecule has 0 spiro atoms. The van der Waals surface area contributed by atoms with E-state index >= 15 is 0 Å². The van der Waals surface area contributed by atoms with Crippen molar-refractivity contribution in [1.82, 2.24) is 0 Å². The number of carbonyl (C=O) groups excluding carboxylic acids is 1. The van der Waals surface area contributed by atoms with Gasteiger partial charge >= 0.3 is 5.97 Å². The molecule has 1 aliphatic heterocycles. The van der Waals surface area contributed by atoms with E-state index in [2.05, 4.69) is 5.32 Å². The van der Waals surface area contributed by atoms with E-state index in [9.17, 15) is 23.1 Å². The number of benzene rings is 3. The maximum Gasteiger partial charge on any atom is 0.324 e. The van der Waals surface area contributed by atoms with Crippen LogP contribution in [-0.2, 0) is 14.8 Å². The van der Waals surface area contributed by atoms with Crippen molar-refractivity contribution >= 4 is 44.0 Å². The number of hydrogen-bond acceptors (Lipinski definition) is 4. The van der Waals surface area contributed by atoms with Crippen LogP contribution in [0.25, 0.3) is 10.8 Å². The number of rotatable bonds is 5. The van der Waals surface area contributed by atoms with Crippen molar-refractivity contribution in [2.24, 2.45) is 0 Å². The van der Waals surface area contributed by atoms with Gasteiger partial charge in [0.05, 0.1) is 10.6 Å². The Balaban J connectivity index is 1.95. The molecule has 1 heterocycles. The van der Waals surface area contributed by atoms with Gasteiger partial charge in [-0.1, -0.05) is 30.3 Å². The minimum Gasteiger partial charge on any atom is -0.480 e. The molecule has 0 aromatic heterocycles. The first kappa shape index (κ1) is 17.0. The van der Waals surface area contributed by atoms with E-state index in [0.717, 1.165) is 4.31 Å². The molecule has 0 bridgehead atoms. The Morgan fingerprint density at radius 2 is 1.74 bits per heavy atom. The van der Waals surface area contributed by atoms with E-state index in [1.54, 1.807) is 36.4 Å². The molecule has 0 saturated heterocycles. The summed E-state index contributed by atoms with van der Waals surface area (Å²) in [4.78, 5) is 23.3. The first-order valence-electron chi connectivity index (χ1n) is 8.06. The molecule has 27 heavy (non-hydrogen) atoms. The Kier molecular flexibility index (Phi) is 3.85. The first-order valence-corrected chi connectivity index (χ1v) is 9.50. The fraction of sp³-hybridized carbons (Fsp3) is 0.0526. The lowest BCUT2D eigenvalue weighted by molar-refractivity contribution is -0.135. The van der Waals surface area contributed by atoms with Crippen LogP contribution in [0, 0.1) is 0 Å². The molecule has 0 saturated carbocycles. The minimum absolute atomic E-state index is 0.0512. The van der Waals surface area contributed by atoms with Crippen molar-refractivity contribution in [3.8, 4) is 0 Å². The molecular formula is C19H14N2O5S. The van der Waals surface area contributed by atoms with Gasteiger partial charge in [-0.2, -0.15) is 0 Å². The molecule has 136 valence electrons. The van der Waals surface area contributed by atoms with Gasteiger partial charge in [0.15, 0.2) is 0 Å². The molecule has 8 heteroatoms. The zero-order chi connectivity index (χ0) is 19.2. The molecular weight excluding hydrogens is 368 g/mol. The summed E-state index contributed by atoms with van der Waals surface area (Å²) in [6, 6.07) is 15.8. The summed E-state index contributed by atoms with van der Waals surface area (Å²) in [5, 5.41) is 12.8. The van der Waals surface area contributed by atoms with Crippen LogP contribution in [0.3, 0.4) is 0 Å². The van der Waals surface area contributed by atoms with Crippen LogP contribution in [0.5, 0.6) is 0 Å². The number of amides is 1. The van der Waals surface area contributed by atoms with Crippen LogP contribution in [-0.4, -0.2) is 31.9 Å². The number of carboxylic acid groups (broad SMARTS) is 1. The molecule has 3 aromatic carbocycles. The van der Waals surface area contributed by atoms with E-state index in [0.29, 0.717) is 22.0 Å². The molecule has 7 nitrogen and oxygen atoms in total. The zero-order valence-electron chi connectivity index (χ0n) is 13.9. The summed E-state index contributed by atoms with van der Waals surface area (Å²) >= 11 is 0. The van der Waals surface area contributed by atoms with Crippen LogP contribution >= 0.6 is 0 Å². The summed E-state index contributed by atoms with van der Waals surface area (Å²) in [5.74, 6) is -1.57. The highest BCUT2D eigenvalue weighted by atomic mass is 32.2. The van der Waals surface area contributed by atoms with E-state index in [-0.39, 0.29) is 16.5 Å². The zero-order valence-corrected chi connectivity index (χ0v) is 14.7. The molecule has 1 aliphatic rings. The molecule has 1 amide bonds. The lowest BCUT2D eigenvalue weighted by atomic mass is 10.1. The molecule has 2 N–H and O–H groups in total. The Bertz CT molecular complexity index is 1190. The molecule has 4 rings (SSSR count). The van der Waals surface area contributed by atoms with Gasteiger partial charge in [-0.05, 0) is 30.3 Å². The standard InChI is InChI=1S/C19H14N2O5S/c22-17(23)11-21(12-5-2-1-3-6-12)27(25,26)16-10-9-15-18-13(16)7-4-8-14(18)19(24)20-15/h1-10H,11H2,(H,20,24)(H,22,23). The number of anilines is 2. The Morgan fingerprint density at radius 1 is 1.00 bits per heavy atom. The van der Waals surface area contributed by atoms with Crippen LogP contribution in [0.2, 0.25) is 0 Å². The van der Waals surface area contributed by atoms with E-state index < -0.39 is 22.5 Å². The maximum absolute atomic E-state index is 13.4. The highest BCUT2D eigenvalue weighted by Gasteiger charge is 2.31. The molecule has 0 atom stereocenters. The smallest absolute Gasteiger partial charge is 0.324 e. The Hall–Kier alpha value is -3.39. The highest BCUT2D eigenvalue weighted by molar-refractivity contribution is 7.93. The second kappa shape index (κ2) is 6.10. The quantitative estimate of drug-likeness (QED) is 0.706. The van der Waals surface area contributed by atoms with Gasteiger partial charge in [-0.15, -0.1) is 0 Å². The fourth-order valence-electron chi connectivity index (χ4n) is 3.24. The van der Waals surface area contributed by atoms with E-state index in [1.165, 1.54) is 24.3 Å². The lowest BCUT2D eigenvalue weighted by Gasteiger charge is -2.23. The van der Waals surface area contributed by atoms with Gasteiger partial charge in [-0.3, -0.25) is 13.9 Å². The fourth-order valence-corrected chi connectivity index (χ4v) is 4.84. The average Bonchev–Trinajstić information content (AvgIpc) is 2.98. The molecule has 0 fully saturated rings. The monoisotopic (exact) mass is 382 g/mol. The van der Waals surface area contributed by atoms with Crippen molar-refractivity contribution in [2.45, 2.75) is 4.90 Å². The summed E-state index contributed by atoms with van der Waals surface area (Å²) in [5.41, 5.74) is 1.18. The van der Waals surface area contributed by atoms with Gasteiger partial charge in [0.2, 0.25) is 0 Å². The van der Waals surface area contributed by atoms with Crippen molar-refractivity contribution < 1.29 is 23.1 Å². The number of hydrogen-bond donors (Lipinski definition) is 2. The third-order valence-electron chi connectivity index (χ3n) is 4.38. The van der Waals surface area contributed by atoms with E-state index in [1.807, 2.05) is 0 Å². The lowest BCUT2D eigenvalue weighted by Crippen LogP contribution is -2.35. The summed E-state index contributed by atoms with van der Waals surface area (Å²) in [6.45, 7) is -0.716. The van der Waals surface area contributed by atoms with Gasteiger partial charge in [0.1, 0.15) is 6.54 Å². The predicted octanol–water partition coefficient (Wildman–Crippen LogP) is 2.69. The van der Waals surface area contributed by atoms with Gasteiger partial charge < -0.3 is 10.4 Å². The third kappa shape index (κ3) is 2.70. The van der Waals surface area contributed by atoms with Crippen molar-refractivity contribution in [1.29, 1.82) is 0 Å². The summed E-state index contributed by atoms with van der Waals surface area (Å²) < 4.78 is 27.6. The molecule has 0 unspecified atom stereocenters. The number of nitrogens with zero attached hydrogens (tertiary/aromatic N) is 1. The second-order valence-corrected chi connectivity index (χ2v) is 7.87. The number of carbonyl (C=O) groups is 2. The van der Waals surface area contributed by atoms with Crippen LogP contribution in [0.15, 0.2) is 65.6 Å². The van der Waals surface area contributed by atoms with Gasteiger partial charge in [-0.25, -0.2) is 8.42 Å². The van der Waals surface area contributed by atoms with Crippen LogP contribution in [0.4, 0.5) is 11.4 Å². The third-order valence-corrected chi connectivity index (χ3v) is 6.22. The van der Waals surface area contributed by atoms with Crippen LogP contribution < -0.4 is 9.62 Å².